The summed E-state index contributed by atoms with van der Waals surface area (Å²) in [6, 6.07) is 24.8. The molecule has 3 aromatic carbocycles. The van der Waals surface area contributed by atoms with E-state index in [0.717, 1.165) is 28.0 Å². The van der Waals surface area contributed by atoms with E-state index in [0.29, 0.717) is 23.7 Å². The molecule has 0 radical (unpaired) electrons. The highest BCUT2D eigenvalue weighted by Crippen LogP contribution is 2.16. The molecule has 6 nitrogen and oxygen atoms in total. The summed E-state index contributed by atoms with van der Waals surface area (Å²) in [7, 11) is 0. The van der Waals surface area contributed by atoms with E-state index in [1.54, 1.807) is 6.07 Å². The fourth-order valence-electron chi connectivity index (χ4n) is 3.91. The summed E-state index contributed by atoms with van der Waals surface area (Å²) in [5, 5.41) is 12.3. The Morgan fingerprint density at radius 2 is 1.49 bits per heavy atom. The zero-order chi connectivity index (χ0) is 26.6. The largest absolute Gasteiger partial charge is 0.480 e. The first kappa shape index (κ1) is 28.0. The molecule has 3 aromatic rings. The van der Waals surface area contributed by atoms with Crippen LogP contribution in [0, 0.1) is 5.92 Å². The van der Waals surface area contributed by atoms with Crippen LogP contribution < -0.4 is 5.32 Å². The Kier molecular flexibility index (Phi) is 10.8. The monoisotopic (exact) mass is 518 g/mol. The van der Waals surface area contributed by atoms with Gasteiger partial charge in [-0.3, -0.25) is 9.69 Å². The number of urea groups is 1. The molecule has 0 heterocycles. The highest BCUT2D eigenvalue weighted by atomic mass is 32.2. The molecule has 0 bridgehead atoms. The van der Waals surface area contributed by atoms with Gasteiger partial charge in [-0.2, -0.15) is 11.8 Å². The number of carbonyl (C=O) groups excluding carboxylic acids is 2. The smallest absolute Gasteiger partial charge is 0.327 e. The summed E-state index contributed by atoms with van der Waals surface area (Å²) in [4.78, 5) is 39.9. The van der Waals surface area contributed by atoms with Crippen LogP contribution in [0.25, 0.3) is 0 Å². The SMILES string of the molecule is CC(C)Cc1cccc(C(=O)N(CCc2ccccc2)C(=O)N[C@@H](CSCc2ccccc2)C(=O)O)c1. The van der Waals surface area contributed by atoms with Crippen LogP contribution in [-0.4, -0.2) is 46.3 Å². The number of aliphatic carboxylic acids is 1. The number of nitrogens with one attached hydrogen (secondary N) is 1. The molecule has 0 unspecified atom stereocenters. The predicted octanol–water partition coefficient (Wildman–Crippen LogP) is 5.67. The number of hydrogen-bond donors (Lipinski definition) is 2. The zero-order valence-corrected chi connectivity index (χ0v) is 22.1. The van der Waals surface area contributed by atoms with E-state index in [-0.39, 0.29) is 12.3 Å². The summed E-state index contributed by atoms with van der Waals surface area (Å²) in [6.07, 6.45) is 1.28. The molecule has 37 heavy (non-hydrogen) atoms. The number of benzene rings is 3. The maximum atomic E-state index is 13.5. The van der Waals surface area contributed by atoms with Crippen molar-refractivity contribution in [3.8, 4) is 0 Å². The van der Waals surface area contributed by atoms with Gasteiger partial charge in [0.05, 0.1) is 0 Å². The summed E-state index contributed by atoms with van der Waals surface area (Å²) in [5.41, 5.74) is 3.48. The fourth-order valence-corrected chi connectivity index (χ4v) is 4.92. The van der Waals surface area contributed by atoms with Gasteiger partial charge in [-0.1, -0.05) is 86.6 Å². The van der Waals surface area contributed by atoms with E-state index in [1.165, 1.54) is 11.8 Å². The first-order chi connectivity index (χ1) is 17.8. The maximum absolute atomic E-state index is 13.5. The van der Waals surface area contributed by atoms with Crippen LogP contribution >= 0.6 is 11.8 Å². The minimum atomic E-state index is -1.14. The van der Waals surface area contributed by atoms with Gasteiger partial charge in [-0.05, 0) is 47.6 Å². The minimum Gasteiger partial charge on any atom is -0.480 e. The molecule has 7 heteroatoms. The lowest BCUT2D eigenvalue weighted by atomic mass is 10.0. The third-order valence-electron chi connectivity index (χ3n) is 5.77. The van der Waals surface area contributed by atoms with E-state index in [4.69, 9.17) is 0 Å². The number of amides is 3. The van der Waals surface area contributed by atoms with Crippen molar-refractivity contribution in [2.24, 2.45) is 5.92 Å². The minimum absolute atomic E-state index is 0.132. The highest BCUT2D eigenvalue weighted by molar-refractivity contribution is 7.98. The number of hydrogen-bond acceptors (Lipinski definition) is 4. The summed E-state index contributed by atoms with van der Waals surface area (Å²) >= 11 is 1.42. The molecule has 0 fully saturated rings. The zero-order valence-electron chi connectivity index (χ0n) is 21.3. The third kappa shape index (κ3) is 9.10. The first-order valence-electron chi connectivity index (χ1n) is 12.4. The molecule has 0 aliphatic rings. The first-order valence-corrected chi connectivity index (χ1v) is 13.6. The predicted molar refractivity (Wildman–Crippen MR) is 149 cm³/mol. The van der Waals surface area contributed by atoms with Crippen molar-refractivity contribution in [1.82, 2.24) is 10.2 Å². The molecule has 3 amide bonds. The molecular formula is C30H34N2O4S. The number of thioether (sulfide) groups is 1. The standard InChI is InChI=1S/C30H34N2O4S/c1-22(2)18-25-14-9-15-26(19-25)28(33)32(17-16-23-10-5-3-6-11-23)30(36)31-27(29(34)35)21-37-20-24-12-7-4-8-13-24/h3-15,19,22,27H,16-18,20-21H2,1-2H3,(H,31,36)(H,34,35)/t27-/m0/s1. The average Bonchev–Trinajstić information content (AvgIpc) is 2.89. The normalized spacial score (nSPS) is 11.6. The molecule has 0 spiro atoms. The van der Waals surface area contributed by atoms with Crippen molar-refractivity contribution in [2.75, 3.05) is 12.3 Å². The topological polar surface area (TPSA) is 86.7 Å². The number of imide groups is 1. The number of nitrogens with zero attached hydrogens (tertiary/aromatic N) is 1. The molecule has 0 aliphatic heterocycles. The quantitative estimate of drug-likeness (QED) is 0.323. The molecule has 0 saturated carbocycles. The number of rotatable bonds is 12. The van der Waals surface area contributed by atoms with E-state index in [2.05, 4.69) is 19.2 Å². The van der Waals surface area contributed by atoms with Gasteiger partial charge >= 0.3 is 12.0 Å². The Balaban J connectivity index is 1.74. The van der Waals surface area contributed by atoms with E-state index >= 15 is 0 Å². The summed E-state index contributed by atoms with van der Waals surface area (Å²) < 4.78 is 0. The molecule has 2 N–H and O–H groups in total. The van der Waals surface area contributed by atoms with Crippen molar-refractivity contribution in [3.63, 3.8) is 0 Å². The molecule has 0 aromatic heterocycles. The van der Waals surface area contributed by atoms with Crippen LogP contribution in [0.2, 0.25) is 0 Å². The van der Waals surface area contributed by atoms with Gasteiger partial charge in [0.1, 0.15) is 6.04 Å². The van der Waals surface area contributed by atoms with Gasteiger partial charge in [0.25, 0.3) is 5.91 Å². The Labute approximate surface area is 223 Å². The Morgan fingerprint density at radius 1 is 0.865 bits per heavy atom. The van der Waals surface area contributed by atoms with Gasteiger partial charge in [0.2, 0.25) is 0 Å². The van der Waals surface area contributed by atoms with Crippen molar-refractivity contribution in [1.29, 1.82) is 0 Å². The molecule has 0 saturated heterocycles. The van der Waals surface area contributed by atoms with Crippen molar-refractivity contribution >= 4 is 29.7 Å². The molecule has 3 rings (SSSR count). The van der Waals surface area contributed by atoms with Gasteiger partial charge in [0, 0.05) is 23.6 Å². The molecule has 1 atom stereocenters. The van der Waals surface area contributed by atoms with Crippen LogP contribution in [0.3, 0.4) is 0 Å². The van der Waals surface area contributed by atoms with Gasteiger partial charge in [0.15, 0.2) is 0 Å². The number of carboxylic acids is 1. The lowest BCUT2D eigenvalue weighted by Crippen LogP contribution is -2.51. The second-order valence-corrected chi connectivity index (χ2v) is 10.4. The average molecular weight is 519 g/mol. The summed E-state index contributed by atoms with van der Waals surface area (Å²) in [5.74, 6) is -0.351. The van der Waals surface area contributed by atoms with E-state index < -0.39 is 23.9 Å². The Hall–Kier alpha value is -3.58. The lowest BCUT2D eigenvalue weighted by molar-refractivity contribution is -0.138. The highest BCUT2D eigenvalue weighted by Gasteiger charge is 2.28. The van der Waals surface area contributed by atoms with Crippen LogP contribution in [0.4, 0.5) is 4.79 Å². The van der Waals surface area contributed by atoms with Crippen molar-refractivity contribution in [3.05, 3.63) is 107 Å². The second-order valence-electron chi connectivity index (χ2n) is 9.33. The van der Waals surface area contributed by atoms with Crippen LogP contribution in [-0.2, 0) is 23.4 Å². The van der Waals surface area contributed by atoms with Gasteiger partial charge < -0.3 is 10.4 Å². The maximum Gasteiger partial charge on any atom is 0.327 e. The second kappa shape index (κ2) is 14.2. The fraction of sp³-hybridized carbons (Fsp3) is 0.300. The Morgan fingerprint density at radius 3 is 2.11 bits per heavy atom. The van der Waals surface area contributed by atoms with Crippen molar-refractivity contribution in [2.45, 2.75) is 38.5 Å². The van der Waals surface area contributed by atoms with Crippen LogP contribution in [0.1, 0.15) is 40.9 Å². The van der Waals surface area contributed by atoms with Crippen molar-refractivity contribution < 1.29 is 19.5 Å². The molecule has 194 valence electrons. The number of carbonyl (C=O) groups is 3. The lowest BCUT2D eigenvalue weighted by Gasteiger charge is -2.24. The Bertz CT molecular complexity index is 1170. The van der Waals surface area contributed by atoms with E-state index in [9.17, 15) is 19.5 Å². The van der Waals surface area contributed by atoms with E-state index in [1.807, 2.05) is 78.9 Å². The third-order valence-corrected chi connectivity index (χ3v) is 6.87. The van der Waals surface area contributed by atoms with Gasteiger partial charge in [-0.15, -0.1) is 0 Å². The summed E-state index contributed by atoms with van der Waals surface area (Å²) in [6.45, 7) is 4.35. The van der Waals surface area contributed by atoms with Crippen LogP contribution in [0.5, 0.6) is 0 Å². The van der Waals surface area contributed by atoms with Crippen LogP contribution in [0.15, 0.2) is 84.9 Å². The number of carboxylic acid groups (broad SMARTS) is 1. The molecular weight excluding hydrogens is 484 g/mol. The van der Waals surface area contributed by atoms with Gasteiger partial charge in [-0.25, -0.2) is 9.59 Å². The molecule has 0 aliphatic carbocycles.